The van der Waals surface area contributed by atoms with Crippen LogP contribution in [0.4, 0.5) is 5.69 Å². The summed E-state index contributed by atoms with van der Waals surface area (Å²) in [6.45, 7) is 1.15. The number of sulfonamides is 2. The molecule has 0 spiro atoms. The van der Waals surface area contributed by atoms with Gasteiger partial charge in [0.2, 0.25) is 10.0 Å². The Morgan fingerprint density at radius 2 is 1.59 bits per heavy atom. The quantitative estimate of drug-likeness (QED) is 0.546. The molecule has 0 saturated carbocycles. The normalized spacial score (nSPS) is 15.4. The Hall–Kier alpha value is -3.06. The third-order valence-electron chi connectivity index (χ3n) is 4.83. The van der Waals surface area contributed by atoms with E-state index in [1.165, 1.54) is 40.7 Å². The van der Waals surface area contributed by atoms with Gasteiger partial charge < -0.3 is 4.74 Å². The summed E-state index contributed by atoms with van der Waals surface area (Å²) in [5.74, 6) is 0. The van der Waals surface area contributed by atoms with Crippen molar-refractivity contribution in [2.75, 3.05) is 31.0 Å². The molecule has 2 N–H and O–H groups in total. The van der Waals surface area contributed by atoms with Crippen molar-refractivity contribution in [3.05, 3.63) is 71.0 Å². The first-order chi connectivity index (χ1) is 15.3. The molecule has 0 amide bonds. The number of nitrogens with zero attached hydrogens (tertiary/aromatic N) is 2. The highest BCUT2D eigenvalue weighted by molar-refractivity contribution is 7.92. The lowest BCUT2D eigenvalue weighted by Gasteiger charge is -2.26. The van der Waals surface area contributed by atoms with Crippen molar-refractivity contribution in [1.29, 1.82) is 0 Å². The van der Waals surface area contributed by atoms with Crippen LogP contribution in [0.1, 0.15) is 0 Å². The van der Waals surface area contributed by atoms with E-state index in [4.69, 9.17) is 4.74 Å². The Balaban J connectivity index is 1.55. The fourth-order valence-electron chi connectivity index (χ4n) is 3.19. The second-order valence-electron chi connectivity index (χ2n) is 6.98. The van der Waals surface area contributed by atoms with Gasteiger partial charge in [-0.3, -0.25) is 9.52 Å². The van der Waals surface area contributed by atoms with Gasteiger partial charge in [-0.1, -0.05) is 12.1 Å². The Bertz CT molecular complexity index is 1360. The third kappa shape index (κ3) is 4.72. The maximum absolute atomic E-state index is 12.8. The lowest BCUT2D eigenvalue weighted by molar-refractivity contribution is 0.0730. The molecule has 12 heteroatoms. The zero-order chi connectivity index (χ0) is 22.8. The van der Waals surface area contributed by atoms with Crippen LogP contribution >= 0.6 is 0 Å². The number of hydrogen-bond acceptors (Lipinski definition) is 7. The first kappa shape index (κ1) is 22.1. The van der Waals surface area contributed by atoms with Gasteiger partial charge in [-0.05, 0) is 42.5 Å². The Kier molecular flexibility index (Phi) is 6.11. The highest BCUT2D eigenvalue weighted by Gasteiger charge is 2.26. The van der Waals surface area contributed by atoms with Gasteiger partial charge in [0.15, 0.2) is 0 Å². The van der Waals surface area contributed by atoms with E-state index in [1.807, 2.05) is 0 Å². The predicted molar refractivity (Wildman–Crippen MR) is 117 cm³/mol. The molecular weight excluding hydrogens is 456 g/mol. The summed E-state index contributed by atoms with van der Waals surface area (Å²) in [6.07, 6.45) is 0. The average molecular weight is 477 g/mol. The van der Waals surface area contributed by atoms with Crippen LogP contribution in [0.15, 0.2) is 75.2 Å². The number of nitrogens with one attached hydrogen (secondary N) is 2. The Morgan fingerprint density at radius 3 is 2.25 bits per heavy atom. The average Bonchev–Trinajstić information content (AvgIpc) is 2.80. The molecule has 2 heterocycles. The molecule has 0 unspecified atom stereocenters. The topological polar surface area (TPSA) is 139 Å². The molecule has 0 aliphatic carbocycles. The third-order valence-corrected chi connectivity index (χ3v) is 8.14. The van der Waals surface area contributed by atoms with Crippen LogP contribution in [0.3, 0.4) is 0 Å². The lowest BCUT2D eigenvalue weighted by Crippen LogP contribution is -2.40. The van der Waals surface area contributed by atoms with Gasteiger partial charge in [-0.15, -0.1) is 0 Å². The molecule has 1 aromatic heterocycles. The molecule has 2 aromatic carbocycles. The molecule has 4 rings (SSSR count). The summed E-state index contributed by atoms with van der Waals surface area (Å²) in [5.41, 5.74) is 1.03. The smallest absolute Gasteiger partial charge is 0.264 e. The lowest BCUT2D eigenvalue weighted by atomic mass is 10.1. The zero-order valence-electron chi connectivity index (χ0n) is 16.8. The van der Waals surface area contributed by atoms with Crippen LogP contribution in [0.2, 0.25) is 0 Å². The van der Waals surface area contributed by atoms with Crippen LogP contribution in [0.5, 0.6) is 0 Å². The van der Waals surface area contributed by atoms with E-state index in [-0.39, 0.29) is 28.4 Å². The van der Waals surface area contributed by atoms with E-state index >= 15 is 0 Å². The van der Waals surface area contributed by atoms with Gasteiger partial charge in [0.25, 0.3) is 15.6 Å². The van der Waals surface area contributed by atoms with Crippen molar-refractivity contribution in [2.24, 2.45) is 0 Å². The minimum Gasteiger partial charge on any atom is -0.379 e. The van der Waals surface area contributed by atoms with E-state index in [0.717, 1.165) is 0 Å². The van der Waals surface area contributed by atoms with Crippen molar-refractivity contribution in [3.63, 3.8) is 0 Å². The molecule has 168 valence electrons. The van der Waals surface area contributed by atoms with Crippen LogP contribution < -0.4 is 10.3 Å². The first-order valence-corrected chi connectivity index (χ1v) is 12.5. The van der Waals surface area contributed by atoms with E-state index in [0.29, 0.717) is 30.2 Å². The van der Waals surface area contributed by atoms with Crippen LogP contribution in [-0.4, -0.2) is 57.6 Å². The zero-order valence-corrected chi connectivity index (χ0v) is 18.4. The van der Waals surface area contributed by atoms with Crippen LogP contribution in [-0.2, 0) is 24.8 Å². The molecule has 1 aliphatic heterocycles. The van der Waals surface area contributed by atoms with E-state index in [2.05, 4.69) is 14.9 Å². The highest BCUT2D eigenvalue weighted by atomic mass is 32.2. The summed E-state index contributed by atoms with van der Waals surface area (Å²) in [7, 11) is -7.68. The molecule has 0 bridgehead atoms. The molecule has 1 aliphatic rings. The molecular formula is C20H20N4O6S2. The fourth-order valence-corrected chi connectivity index (χ4v) is 5.65. The highest BCUT2D eigenvalue weighted by Crippen LogP contribution is 2.24. The standard InChI is InChI=1S/C20H20N4O6S2/c25-20-9-8-19(21-22-20)15-2-1-3-16(14-15)23-31(26,27)17-4-6-18(7-5-17)32(28,29)24-10-12-30-13-11-24/h1-9,14,23H,10-13H2,(H,22,25). The van der Waals surface area contributed by atoms with Gasteiger partial charge in [0, 0.05) is 30.4 Å². The van der Waals surface area contributed by atoms with Gasteiger partial charge >= 0.3 is 0 Å². The fraction of sp³-hybridized carbons (Fsp3) is 0.200. The summed E-state index contributed by atoms with van der Waals surface area (Å²) >= 11 is 0. The SMILES string of the molecule is O=c1ccc(-c2cccc(NS(=O)(=O)c3ccc(S(=O)(=O)N4CCOCC4)cc3)c2)n[nH]1. The Morgan fingerprint density at radius 1 is 0.906 bits per heavy atom. The maximum Gasteiger partial charge on any atom is 0.264 e. The second kappa shape index (κ2) is 8.82. The van der Waals surface area contributed by atoms with Crippen molar-refractivity contribution < 1.29 is 21.6 Å². The molecule has 10 nitrogen and oxygen atoms in total. The van der Waals surface area contributed by atoms with Crippen molar-refractivity contribution in [1.82, 2.24) is 14.5 Å². The molecule has 32 heavy (non-hydrogen) atoms. The second-order valence-corrected chi connectivity index (χ2v) is 10.6. The number of rotatable bonds is 6. The van der Waals surface area contributed by atoms with Crippen LogP contribution in [0.25, 0.3) is 11.3 Å². The van der Waals surface area contributed by atoms with Gasteiger partial charge in [-0.25, -0.2) is 21.9 Å². The minimum absolute atomic E-state index is 0.0180. The van der Waals surface area contributed by atoms with Crippen LogP contribution in [0, 0.1) is 0 Å². The van der Waals surface area contributed by atoms with E-state index < -0.39 is 20.0 Å². The van der Waals surface area contributed by atoms with Gasteiger partial charge in [0.05, 0.1) is 28.7 Å². The van der Waals surface area contributed by atoms with Crippen molar-refractivity contribution >= 4 is 25.7 Å². The summed E-state index contributed by atoms with van der Waals surface area (Å²) in [4.78, 5) is 11.1. The number of H-pyrrole nitrogens is 1. The number of morpholine rings is 1. The van der Waals surface area contributed by atoms with Gasteiger partial charge in [-0.2, -0.15) is 9.40 Å². The number of hydrogen-bond donors (Lipinski definition) is 2. The number of ether oxygens (including phenoxy) is 1. The molecule has 0 radical (unpaired) electrons. The largest absolute Gasteiger partial charge is 0.379 e. The predicted octanol–water partition coefficient (Wildman–Crippen LogP) is 1.26. The molecule has 1 fully saturated rings. The monoisotopic (exact) mass is 476 g/mol. The molecule has 1 saturated heterocycles. The number of aromatic nitrogens is 2. The number of aromatic amines is 1. The summed E-state index contributed by atoms with van der Waals surface area (Å²) in [6, 6.07) is 14.4. The first-order valence-electron chi connectivity index (χ1n) is 9.63. The van der Waals surface area contributed by atoms with Gasteiger partial charge in [0.1, 0.15) is 0 Å². The minimum atomic E-state index is -3.96. The maximum atomic E-state index is 12.8. The summed E-state index contributed by atoms with van der Waals surface area (Å²) in [5, 5.41) is 6.26. The summed E-state index contributed by atoms with van der Waals surface area (Å²) < 4.78 is 60.0. The van der Waals surface area contributed by atoms with E-state index in [1.54, 1.807) is 24.3 Å². The molecule has 3 aromatic rings. The number of benzene rings is 2. The van der Waals surface area contributed by atoms with E-state index in [9.17, 15) is 21.6 Å². The Labute approximate surface area is 185 Å². The van der Waals surface area contributed by atoms with Crippen molar-refractivity contribution in [3.8, 4) is 11.3 Å². The molecule has 0 atom stereocenters. The number of anilines is 1. The van der Waals surface area contributed by atoms with Crippen molar-refractivity contribution in [2.45, 2.75) is 9.79 Å².